The highest BCUT2D eigenvalue weighted by molar-refractivity contribution is 7.91. The van der Waals surface area contributed by atoms with Crippen LogP contribution in [0.2, 0.25) is 0 Å². The Morgan fingerprint density at radius 1 is 1.28 bits per heavy atom. The van der Waals surface area contributed by atoms with Crippen LogP contribution in [0.25, 0.3) is 0 Å². The van der Waals surface area contributed by atoms with E-state index in [4.69, 9.17) is 0 Å². The predicted octanol–water partition coefficient (Wildman–Crippen LogP) is 3.24. The number of amides is 1. The van der Waals surface area contributed by atoms with E-state index in [2.05, 4.69) is 5.32 Å². The Bertz CT molecular complexity index is 858. The maximum Gasteiger partial charge on any atom is 0.252 e. The number of rotatable bonds is 4. The van der Waals surface area contributed by atoms with Gasteiger partial charge in [0.25, 0.3) is 10.0 Å². The summed E-state index contributed by atoms with van der Waals surface area (Å²) >= 11 is 1.18. The number of benzene rings is 1. The fraction of sp³-hybridized carbons (Fsp3) is 0.353. The number of carbonyl (C=O) groups excluding carboxylic acids is 1. The number of nitrogens with one attached hydrogen (secondary N) is 1. The molecule has 1 fully saturated rings. The molecule has 0 spiro atoms. The van der Waals surface area contributed by atoms with E-state index in [1.807, 2.05) is 0 Å². The van der Waals surface area contributed by atoms with Gasteiger partial charge in [0, 0.05) is 19.0 Å². The van der Waals surface area contributed by atoms with Crippen molar-refractivity contribution in [1.82, 2.24) is 4.31 Å². The molecule has 1 aromatic carbocycles. The van der Waals surface area contributed by atoms with E-state index in [1.165, 1.54) is 21.7 Å². The molecule has 25 heavy (non-hydrogen) atoms. The maximum absolute atomic E-state index is 13.9. The molecule has 0 saturated carbocycles. The summed E-state index contributed by atoms with van der Waals surface area (Å²) in [5.74, 6) is -1.06. The summed E-state index contributed by atoms with van der Waals surface area (Å²) in [7, 11) is -3.48. The van der Waals surface area contributed by atoms with Crippen LogP contribution in [-0.4, -0.2) is 31.7 Å². The predicted molar refractivity (Wildman–Crippen MR) is 95.6 cm³/mol. The molecule has 134 valence electrons. The van der Waals surface area contributed by atoms with Crippen LogP contribution in [0.5, 0.6) is 0 Å². The number of hydrogen-bond donors (Lipinski definition) is 1. The largest absolute Gasteiger partial charge is 0.323 e. The number of nitrogens with zero attached hydrogens (tertiary/aromatic N) is 1. The Labute approximate surface area is 150 Å². The lowest BCUT2D eigenvalue weighted by Gasteiger charge is -2.30. The van der Waals surface area contributed by atoms with Crippen LogP contribution in [0, 0.1) is 18.7 Å². The molecular weight excluding hydrogens is 363 g/mol. The number of anilines is 1. The fourth-order valence-corrected chi connectivity index (χ4v) is 5.47. The summed E-state index contributed by atoms with van der Waals surface area (Å²) in [6.45, 7) is 2.35. The van der Waals surface area contributed by atoms with Crippen LogP contribution in [-0.2, 0) is 14.8 Å². The maximum atomic E-state index is 13.9. The highest BCUT2D eigenvalue weighted by Crippen LogP contribution is 2.27. The van der Waals surface area contributed by atoms with Crippen LogP contribution < -0.4 is 5.32 Å². The number of aryl methyl sites for hydroxylation is 1. The molecular formula is C17H19FN2O3S2. The van der Waals surface area contributed by atoms with Crippen molar-refractivity contribution in [3.63, 3.8) is 0 Å². The number of carbonyl (C=O) groups is 1. The first-order valence-electron chi connectivity index (χ1n) is 7.98. The second-order valence-corrected chi connectivity index (χ2v) is 9.20. The van der Waals surface area contributed by atoms with Crippen molar-refractivity contribution in [3.05, 3.63) is 47.1 Å². The topological polar surface area (TPSA) is 66.5 Å². The molecule has 2 aromatic rings. The number of piperidine rings is 1. The van der Waals surface area contributed by atoms with Crippen LogP contribution >= 0.6 is 11.3 Å². The van der Waals surface area contributed by atoms with Gasteiger partial charge in [-0.2, -0.15) is 4.31 Å². The van der Waals surface area contributed by atoms with Gasteiger partial charge in [-0.3, -0.25) is 4.79 Å². The number of halogens is 1. The Balaban J connectivity index is 1.61. The van der Waals surface area contributed by atoms with Crippen molar-refractivity contribution in [2.45, 2.75) is 24.0 Å². The zero-order valence-electron chi connectivity index (χ0n) is 13.7. The number of hydrogen-bond acceptors (Lipinski definition) is 4. The number of sulfonamides is 1. The molecule has 8 heteroatoms. The average molecular weight is 382 g/mol. The molecule has 3 rings (SSSR count). The summed E-state index contributed by atoms with van der Waals surface area (Å²) in [5.41, 5.74) is 0.937. The lowest BCUT2D eigenvalue weighted by molar-refractivity contribution is -0.120. The van der Waals surface area contributed by atoms with Gasteiger partial charge in [0.15, 0.2) is 0 Å². The molecule has 1 amide bonds. The minimum atomic E-state index is -3.48. The zero-order valence-corrected chi connectivity index (χ0v) is 15.4. The van der Waals surface area contributed by atoms with Crippen LogP contribution in [0.3, 0.4) is 0 Å². The molecule has 1 N–H and O–H groups in total. The van der Waals surface area contributed by atoms with Gasteiger partial charge >= 0.3 is 0 Å². The minimum Gasteiger partial charge on any atom is -0.323 e. The number of thiophene rings is 1. The van der Waals surface area contributed by atoms with Gasteiger partial charge in [0.2, 0.25) is 5.91 Å². The Hall–Kier alpha value is -1.77. The second-order valence-electron chi connectivity index (χ2n) is 6.08. The summed E-state index contributed by atoms with van der Waals surface area (Å²) in [6.07, 6.45) is 0.841. The molecule has 0 atom stereocenters. The second kappa shape index (κ2) is 7.23. The normalized spacial score (nSPS) is 16.7. The lowest BCUT2D eigenvalue weighted by atomic mass is 9.97. The Morgan fingerprint density at radius 3 is 2.60 bits per heavy atom. The van der Waals surface area contributed by atoms with Gasteiger partial charge < -0.3 is 5.32 Å². The van der Waals surface area contributed by atoms with E-state index in [-0.39, 0.29) is 30.6 Å². The third-order valence-corrected chi connectivity index (χ3v) is 7.57. The van der Waals surface area contributed by atoms with Crippen LogP contribution in [0.4, 0.5) is 10.1 Å². The van der Waals surface area contributed by atoms with Crippen molar-refractivity contribution in [3.8, 4) is 0 Å². The van der Waals surface area contributed by atoms with Crippen molar-refractivity contribution in [2.24, 2.45) is 5.92 Å². The monoisotopic (exact) mass is 382 g/mol. The molecule has 0 radical (unpaired) electrons. The van der Waals surface area contributed by atoms with Crippen LogP contribution in [0.15, 0.2) is 39.9 Å². The van der Waals surface area contributed by atoms with E-state index in [0.29, 0.717) is 17.1 Å². The van der Waals surface area contributed by atoms with Crippen molar-refractivity contribution in [1.29, 1.82) is 0 Å². The van der Waals surface area contributed by atoms with E-state index >= 15 is 0 Å². The SMILES string of the molecule is Cc1ccc(NC(=O)C2CCN(S(=O)(=O)c3cccs3)CC2)c(F)c1. The molecule has 0 aliphatic carbocycles. The summed E-state index contributed by atoms with van der Waals surface area (Å²) in [6, 6.07) is 7.92. The smallest absolute Gasteiger partial charge is 0.252 e. The molecule has 1 aliphatic heterocycles. The van der Waals surface area contributed by atoms with Crippen molar-refractivity contribution in [2.75, 3.05) is 18.4 Å². The molecule has 1 aliphatic rings. The third-order valence-electron chi connectivity index (χ3n) is 4.30. The van der Waals surface area contributed by atoms with E-state index in [9.17, 15) is 17.6 Å². The average Bonchev–Trinajstić information content (AvgIpc) is 3.13. The standard InChI is InChI=1S/C17H19FN2O3S2/c1-12-4-5-15(14(18)11-12)19-17(21)13-6-8-20(9-7-13)25(22,23)16-3-2-10-24-16/h2-5,10-11,13H,6-9H2,1H3,(H,19,21). The molecule has 0 unspecified atom stereocenters. The summed E-state index contributed by atoms with van der Waals surface area (Å²) in [4.78, 5) is 12.3. The van der Waals surface area contributed by atoms with E-state index in [0.717, 1.165) is 5.56 Å². The van der Waals surface area contributed by atoms with E-state index < -0.39 is 15.8 Å². The molecule has 0 bridgehead atoms. The van der Waals surface area contributed by atoms with Gasteiger partial charge in [-0.05, 0) is 48.9 Å². The van der Waals surface area contributed by atoms with Crippen molar-refractivity contribution >= 4 is 33.0 Å². The molecule has 1 aromatic heterocycles. The minimum absolute atomic E-state index is 0.157. The molecule has 5 nitrogen and oxygen atoms in total. The first-order chi connectivity index (χ1) is 11.9. The first-order valence-corrected chi connectivity index (χ1v) is 10.3. The van der Waals surface area contributed by atoms with Crippen LogP contribution in [0.1, 0.15) is 18.4 Å². The highest BCUT2D eigenvalue weighted by atomic mass is 32.2. The molecule has 1 saturated heterocycles. The van der Waals surface area contributed by atoms with Gasteiger partial charge in [0.1, 0.15) is 10.0 Å². The highest BCUT2D eigenvalue weighted by Gasteiger charge is 2.32. The van der Waals surface area contributed by atoms with Crippen molar-refractivity contribution < 1.29 is 17.6 Å². The quantitative estimate of drug-likeness (QED) is 0.883. The van der Waals surface area contributed by atoms with Gasteiger partial charge in [0.05, 0.1) is 5.69 Å². The summed E-state index contributed by atoms with van der Waals surface area (Å²) < 4.78 is 40.5. The first kappa shape index (κ1) is 18.0. The Kier molecular flexibility index (Phi) is 5.21. The summed E-state index contributed by atoms with van der Waals surface area (Å²) in [5, 5.41) is 4.33. The lowest BCUT2D eigenvalue weighted by Crippen LogP contribution is -2.41. The Morgan fingerprint density at radius 2 is 2.00 bits per heavy atom. The van der Waals surface area contributed by atoms with Gasteiger partial charge in [-0.1, -0.05) is 12.1 Å². The van der Waals surface area contributed by atoms with Gasteiger partial charge in [-0.25, -0.2) is 12.8 Å². The molecule has 2 heterocycles. The zero-order chi connectivity index (χ0) is 18.0. The third kappa shape index (κ3) is 3.91. The van der Waals surface area contributed by atoms with E-state index in [1.54, 1.807) is 36.6 Å². The van der Waals surface area contributed by atoms with Gasteiger partial charge in [-0.15, -0.1) is 11.3 Å². The fourth-order valence-electron chi connectivity index (χ4n) is 2.85.